The van der Waals surface area contributed by atoms with Crippen molar-refractivity contribution in [1.82, 2.24) is 4.90 Å². The summed E-state index contributed by atoms with van der Waals surface area (Å²) in [7, 11) is 0. The summed E-state index contributed by atoms with van der Waals surface area (Å²) in [6, 6.07) is 1.86. The Morgan fingerprint density at radius 1 is 1.56 bits per heavy atom. The fourth-order valence-corrected chi connectivity index (χ4v) is 3.31. The van der Waals surface area contributed by atoms with E-state index in [1.165, 1.54) is 17.8 Å². The van der Waals surface area contributed by atoms with Crippen LogP contribution in [0.15, 0.2) is 16.3 Å². The first kappa shape index (κ1) is 12.0. The Balaban J connectivity index is 2.10. The van der Waals surface area contributed by atoms with Gasteiger partial charge in [0, 0.05) is 23.4 Å². The molecule has 2 nitrogen and oxygen atoms in total. The number of carbonyl (C=O) groups excluding carboxylic acids is 1. The van der Waals surface area contributed by atoms with Crippen molar-refractivity contribution in [2.45, 2.75) is 31.6 Å². The zero-order chi connectivity index (χ0) is 11.8. The van der Waals surface area contributed by atoms with Gasteiger partial charge in [0.05, 0.1) is 4.88 Å². The zero-order valence-electron chi connectivity index (χ0n) is 9.69. The second-order valence-electron chi connectivity index (χ2n) is 5.16. The molecular weight excluding hydrogens is 238 g/mol. The highest BCUT2D eigenvalue weighted by molar-refractivity contribution is 7.80. The monoisotopic (exact) mass is 255 g/mol. The van der Waals surface area contributed by atoms with Gasteiger partial charge >= 0.3 is 0 Å². The highest BCUT2D eigenvalue weighted by atomic mass is 32.1. The van der Waals surface area contributed by atoms with Gasteiger partial charge < -0.3 is 4.90 Å². The smallest absolute Gasteiger partial charge is 0.263 e. The standard InChI is InChI=1S/C12H17NOS2/c1-12(2)4-3-5-13(8-12)11(14)10-6-9(15)7-16-10/h6-7,15H,3-5,8H2,1-2H3. The van der Waals surface area contributed by atoms with E-state index in [2.05, 4.69) is 26.5 Å². The van der Waals surface area contributed by atoms with E-state index >= 15 is 0 Å². The number of thiophene rings is 1. The Labute approximate surface area is 106 Å². The lowest BCUT2D eigenvalue weighted by atomic mass is 9.84. The molecule has 0 aliphatic carbocycles. The van der Waals surface area contributed by atoms with Gasteiger partial charge in [-0.3, -0.25) is 4.79 Å². The third kappa shape index (κ3) is 2.61. The fourth-order valence-electron chi connectivity index (χ4n) is 2.19. The maximum Gasteiger partial charge on any atom is 0.263 e. The van der Waals surface area contributed by atoms with E-state index in [4.69, 9.17) is 0 Å². The molecule has 1 aromatic rings. The van der Waals surface area contributed by atoms with Gasteiger partial charge in [-0.1, -0.05) is 13.8 Å². The molecule has 1 fully saturated rings. The number of hydrogen-bond donors (Lipinski definition) is 1. The van der Waals surface area contributed by atoms with E-state index in [1.807, 2.05) is 16.3 Å². The third-order valence-corrected chi connectivity index (χ3v) is 4.34. The van der Waals surface area contributed by atoms with Crippen LogP contribution in [0.2, 0.25) is 0 Å². The maximum absolute atomic E-state index is 12.2. The molecule has 1 saturated heterocycles. The molecule has 0 aromatic carbocycles. The number of likely N-dealkylation sites (tertiary alicyclic amines) is 1. The lowest BCUT2D eigenvalue weighted by Crippen LogP contribution is -2.43. The van der Waals surface area contributed by atoms with Gasteiger partial charge in [0.25, 0.3) is 5.91 Å². The summed E-state index contributed by atoms with van der Waals surface area (Å²) < 4.78 is 0. The van der Waals surface area contributed by atoms with Gasteiger partial charge in [0.2, 0.25) is 0 Å². The lowest BCUT2D eigenvalue weighted by molar-refractivity contribution is 0.0588. The van der Waals surface area contributed by atoms with Gasteiger partial charge in [-0.25, -0.2) is 0 Å². The first-order valence-electron chi connectivity index (χ1n) is 5.55. The molecule has 1 aromatic heterocycles. The highest BCUT2D eigenvalue weighted by Gasteiger charge is 2.29. The second-order valence-corrected chi connectivity index (χ2v) is 6.59. The summed E-state index contributed by atoms with van der Waals surface area (Å²) in [5.41, 5.74) is 0.259. The van der Waals surface area contributed by atoms with E-state index in [1.54, 1.807) is 0 Å². The molecule has 1 aliphatic heterocycles. The Morgan fingerprint density at radius 2 is 2.31 bits per heavy atom. The quantitative estimate of drug-likeness (QED) is 0.763. The molecule has 2 heterocycles. The van der Waals surface area contributed by atoms with E-state index in [0.29, 0.717) is 0 Å². The van der Waals surface area contributed by atoms with Crippen molar-refractivity contribution in [1.29, 1.82) is 0 Å². The van der Waals surface area contributed by atoms with Gasteiger partial charge in [0.1, 0.15) is 0 Å². The SMILES string of the molecule is CC1(C)CCCN(C(=O)c2cc(S)cs2)C1. The number of rotatable bonds is 1. The molecule has 0 unspecified atom stereocenters. The van der Waals surface area contributed by atoms with E-state index in [-0.39, 0.29) is 11.3 Å². The van der Waals surface area contributed by atoms with Crippen LogP contribution in [0.4, 0.5) is 0 Å². The molecular formula is C12H17NOS2. The van der Waals surface area contributed by atoms with Crippen LogP contribution < -0.4 is 0 Å². The van der Waals surface area contributed by atoms with Crippen LogP contribution in [0.5, 0.6) is 0 Å². The lowest BCUT2D eigenvalue weighted by Gasteiger charge is -2.37. The van der Waals surface area contributed by atoms with Gasteiger partial charge in [-0.15, -0.1) is 24.0 Å². The highest BCUT2D eigenvalue weighted by Crippen LogP contribution is 2.30. The molecule has 0 radical (unpaired) electrons. The predicted octanol–water partition coefficient (Wildman–Crippen LogP) is 3.30. The number of nitrogens with zero attached hydrogens (tertiary/aromatic N) is 1. The van der Waals surface area contributed by atoms with Gasteiger partial charge in [0.15, 0.2) is 0 Å². The number of carbonyl (C=O) groups is 1. The molecule has 0 saturated carbocycles. The van der Waals surface area contributed by atoms with Crippen molar-refractivity contribution in [3.05, 3.63) is 16.3 Å². The van der Waals surface area contributed by atoms with E-state index in [9.17, 15) is 4.79 Å². The average molecular weight is 255 g/mol. The maximum atomic E-state index is 12.2. The number of amides is 1. The van der Waals surface area contributed by atoms with Gasteiger partial charge in [-0.2, -0.15) is 0 Å². The van der Waals surface area contributed by atoms with Crippen LogP contribution in [0.25, 0.3) is 0 Å². The fraction of sp³-hybridized carbons (Fsp3) is 0.583. The predicted molar refractivity (Wildman–Crippen MR) is 70.5 cm³/mol. The zero-order valence-corrected chi connectivity index (χ0v) is 11.4. The van der Waals surface area contributed by atoms with Crippen molar-refractivity contribution in [2.24, 2.45) is 5.41 Å². The first-order valence-corrected chi connectivity index (χ1v) is 6.87. The summed E-state index contributed by atoms with van der Waals surface area (Å²) in [4.78, 5) is 15.9. The summed E-state index contributed by atoms with van der Waals surface area (Å²) in [6.45, 7) is 6.21. The molecule has 16 heavy (non-hydrogen) atoms. The molecule has 1 amide bonds. The van der Waals surface area contributed by atoms with Crippen LogP contribution in [0.3, 0.4) is 0 Å². The normalized spacial score (nSPS) is 19.8. The number of thiol groups is 1. The Bertz CT molecular complexity index is 397. The summed E-state index contributed by atoms with van der Waals surface area (Å²) in [6.07, 6.45) is 2.32. The minimum atomic E-state index is 0.165. The average Bonchev–Trinajstić information content (AvgIpc) is 2.62. The van der Waals surface area contributed by atoms with Crippen LogP contribution in [-0.4, -0.2) is 23.9 Å². The minimum absolute atomic E-state index is 0.165. The number of piperidine rings is 1. The molecule has 0 spiro atoms. The molecule has 2 rings (SSSR count). The van der Waals surface area contributed by atoms with Crippen molar-refractivity contribution in [3.8, 4) is 0 Å². The van der Waals surface area contributed by atoms with Crippen LogP contribution in [0, 0.1) is 5.41 Å². The van der Waals surface area contributed by atoms with E-state index in [0.717, 1.165) is 29.3 Å². The topological polar surface area (TPSA) is 20.3 Å². The largest absolute Gasteiger partial charge is 0.337 e. The van der Waals surface area contributed by atoms with Crippen LogP contribution in [-0.2, 0) is 0 Å². The molecule has 0 N–H and O–H groups in total. The van der Waals surface area contributed by atoms with Gasteiger partial charge in [-0.05, 0) is 24.3 Å². The molecule has 0 atom stereocenters. The van der Waals surface area contributed by atoms with Crippen molar-refractivity contribution in [2.75, 3.05) is 13.1 Å². The second kappa shape index (κ2) is 4.41. The number of hydrogen-bond acceptors (Lipinski definition) is 3. The van der Waals surface area contributed by atoms with Crippen LogP contribution in [0.1, 0.15) is 36.4 Å². The Morgan fingerprint density at radius 3 is 2.88 bits per heavy atom. The Kier molecular flexibility index (Phi) is 3.31. The Hall–Kier alpha value is -0.480. The molecule has 1 aliphatic rings. The third-order valence-electron chi connectivity index (χ3n) is 2.98. The molecule has 4 heteroatoms. The first-order chi connectivity index (χ1) is 7.48. The summed E-state index contributed by atoms with van der Waals surface area (Å²) in [5.74, 6) is 0.165. The summed E-state index contributed by atoms with van der Waals surface area (Å²) >= 11 is 5.72. The van der Waals surface area contributed by atoms with Crippen molar-refractivity contribution >= 4 is 29.9 Å². The van der Waals surface area contributed by atoms with E-state index < -0.39 is 0 Å². The summed E-state index contributed by atoms with van der Waals surface area (Å²) in [5, 5.41) is 1.91. The molecule has 88 valence electrons. The van der Waals surface area contributed by atoms with Crippen molar-refractivity contribution < 1.29 is 4.79 Å². The molecule has 0 bridgehead atoms. The van der Waals surface area contributed by atoms with Crippen molar-refractivity contribution in [3.63, 3.8) is 0 Å². The minimum Gasteiger partial charge on any atom is -0.337 e. The van der Waals surface area contributed by atoms with Crippen LogP contribution >= 0.6 is 24.0 Å².